The van der Waals surface area contributed by atoms with E-state index >= 15 is 0 Å². The second-order valence-corrected chi connectivity index (χ2v) is 12.5. The molecule has 222 valence electrons. The van der Waals surface area contributed by atoms with Crippen molar-refractivity contribution in [2.75, 3.05) is 0 Å². The third-order valence-corrected chi connectivity index (χ3v) is 9.96. The minimum atomic E-state index is 0.650. The minimum Gasteiger partial charge on any atom is -0.456 e. The first kappa shape index (κ1) is 25.6. The lowest BCUT2D eigenvalue weighted by Gasteiger charge is -2.16. The van der Waals surface area contributed by atoms with Crippen LogP contribution in [0.3, 0.4) is 0 Å². The first-order valence-corrected chi connectivity index (χ1v) is 16.3. The summed E-state index contributed by atoms with van der Waals surface area (Å²) in [5, 5.41) is 12.6. The molecular weight excluding hydrogens is 587 g/mol. The molecule has 0 spiro atoms. The van der Waals surface area contributed by atoms with Crippen LogP contribution in [0, 0.1) is 0 Å². The van der Waals surface area contributed by atoms with Crippen LogP contribution in [-0.4, -0.2) is 14.5 Å². The Morgan fingerprint density at radius 3 is 1.92 bits per heavy atom. The zero-order valence-corrected chi connectivity index (χ0v) is 25.7. The second-order valence-electron chi connectivity index (χ2n) is 12.5. The van der Waals surface area contributed by atoms with E-state index in [4.69, 9.17) is 14.4 Å². The van der Waals surface area contributed by atoms with Gasteiger partial charge in [-0.25, -0.2) is 9.97 Å². The Morgan fingerprint density at radius 2 is 1.08 bits per heavy atom. The summed E-state index contributed by atoms with van der Waals surface area (Å²) < 4.78 is 8.55. The van der Waals surface area contributed by atoms with Crippen molar-refractivity contribution in [1.29, 1.82) is 0 Å². The molecule has 4 nitrogen and oxygen atoms in total. The Morgan fingerprint density at radius 1 is 0.417 bits per heavy atom. The lowest BCUT2D eigenvalue weighted by atomic mass is 9.94. The maximum Gasteiger partial charge on any atom is 0.235 e. The molecule has 48 heavy (non-hydrogen) atoms. The highest BCUT2D eigenvalue weighted by Gasteiger charge is 2.21. The molecule has 0 bridgehead atoms. The number of furan rings is 1. The predicted octanol–water partition coefficient (Wildman–Crippen LogP) is 11.8. The molecular formula is C44H25N3O. The fourth-order valence-electron chi connectivity index (χ4n) is 7.89. The fraction of sp³-hybridized carbons (Fsp3) is 0. The number of para-hydroxylation sites is 2. The molecule has 0 fully saturated rings. The van der Waals surface area contributed by atoms with Gasteiger partial charge in [-0.15, -0.1) is 0 Å². The van der Waals surface area contributed by atoms with E-state index in [2.05, 4.69) is 144 Å². The summed E-state index contributed by atoms with van der Waals surface area (Å²) in [6, 6.07) is 53.5. The lowest BCUT2D eigenvalue weighted by molar-refractivity contribution is 0.669. The van der Waals surface area contributed by atoms with Gasteiger partial charge in [-0.05, 0) is 57.3 Å². The molecule has 0 amide bonds. The van der Waals surface area contributed by atoms with Gasteiger partial charge in [0.25, 0.3) is 0 Å². The molecule has 11 aromatic rings. The van der Waals surface area contributed by atoms with Gasteiger partial charge in [-0.1, -0.05) is 121 Å². The molecule has 0 aliphatic carbocycles. The molecule has 3 heterocycles. The van der Waals surface area contributed by atoms with E-state index in [0.717, 1.165) is 71.3 Å². The summed E-state index contributed by atoms with van der Waals surface area (Å²) in [5.41, 5.74) is 6.84. The standard InChI is InChI=1S/C44H25N3O/c1-2-12-26(13-3-1)42-41-31-17-6-4-14-28(31)29-15-5-7-18-32(29)43(41)46-44(45-42)47-36-20-10-8-16-30(36)35-24-27-22-23-39-40(34(27)25-37(35)47)33-19-9-11-21-38(33)48-39/h1-25H. The second kappa shape index (κ2) is 9.50. The molecule has 3 aromatic heterocycles. The van der Waals surface area contributed by atoms with E-state index in [1.54, 1.807) is 0 Å². The highest BCUT2D eigenvalue weighted by atomic mass is 16.3. The van der Waals surface area contributed by atoms with Gasteiger partial charge in [0.1, 0.15) is 11.2 Å². The van der Waals surface area contributed by atoms with Crippen LogP contribution in [0.25, 0.3) is 104 Å². The van der Waals surface area contributed by atoms with E-state index in [-0.39, 0.29) is 0 Å². The Hall–Kier alpha value is -6.52. The third kappa shape index (κ3) is 3.43. The minimum absolute atomic E-state index is 0.650. The quantitative estimate of drug-likeness (QED) is 0.183. The van der Waals surface area contributed by atoms with Crippen molar-refractivity contribution in [1.82, 2.24) is 14.5 Å². The van der Waals surface area contributed by atoms with Crippen molar-refractivity contribution in [3.05, 3.63) is 152 Å². The van der Waals surface area contributed by atoms with Crippen molar-refractivity contribution < 1.29 is 4.42 Å². The number of aromatic nitrogens is 3. The first-order valence-electron chi connectivity index (χ1n) is 16.3. The normalized spacial score (nSPS) is 12.2. The molecule has 0 atom stereocenters. The van der Waals surface area contributed by atoms with Crippen LogP contribution < -0.4 is 0 Å². The summed E-state index contributed by atoms with van der Waals surface area (Å²) in [6.45, 7) is 0. The van der Waals surface area contributed by atoms with Crippen LogP contribution in [0.2, 0.25) is 0 Å². The van der Waals surface area contributed by atoms with Crippen molar-refractivity contribution in [2.24, 2.45) is 0 Å². The van der Waals surface area contributed by atoms with Crippen molar-refractivity contribution in [3.8, 4) is 17.2 Å². The highest BCUT2D eigenvalue weighted by molar-refractivity contribution is 6.27. The number of benzene rings is 8. The molecule has 0 saturated heterocycles. The zero-order valence-electron chi connectivity index (χ0n) is 25.7. The molecule has 0 unspecified atom stereocenters. The Bertz CT molecular complexity index is 3120. The predicted molar refractivity (Wildman–Crippen MR) is 199 cm³/mol. The Labute approximate surface area is 274 Å². The van der Waals surface area contributed by atoms with Crippen LogP contribution in [0.5, 0.6) is 0 Å². The van der Waals surface area contributed by atoms with Crippen molar-refractivity contribution >= 4 is 87.0 Å². The number of nitrogens with zero attached hydrogens (tertiary/aromatic N) is 3. The summed E-state index contributed by atoms with van der Waals surface area (Å²) in [7, 11) is 0. The largest absolute Gasteiger partial charge is 0.456 e. The molecule has 0 aliphatic rings. The molecule has 4 heteroatoms. The fourth-order valence-corrected chi connectivity index (χ4v) is 7.89. The zero-order chi connectivity index (χ0) is 31.3. The van der Waals surface area contributed by atoms with E-state index in [1.807, 2.05) is 12.1 Å². The smallest absolute Gasteiger partial charge is 0.235 e. The van der Waals surface area contributed by atoms with Gasteiger partial charge >= 0.3 is 0 Å². The maximum absolute atomic E-state index is 6.30. The van der Waals surface area contributed by atoms with Gasteiger partial charge in [-0.3, -0.25) is 4.57 Å². The number of fused-ring (bicyclic) bond motifs is 14. The highest BCUT2D eigenvalue weighted by Crippen LogP contribution is 2.42. The van der Waals surface area contributed by atoms with Gasteiger partial charge in [0.15, 0.2) is 0 Å². The van der Waals surface area contributed by atoms with Crippen LogP contribution in [0.4, 0.5) is 0 Å². The van der Waals surface area contributed by atoms with Crippen molar-refractivity contribution in [3.63, 3.8) is 0 Å². The molecule has 0 radical (unpaired) electrons. The Kier molecular flexibility index (Phi) is 5.08. The number of hydrogen-bond donors (Lipinski definition) is 0. The lowest BCUT2D eigenvalue weighted by Crippen LogP contribution is -2.04. The van der Waals surface area contributed by atoms with Crippen molar-refractivity contribution in [2.45, 2.75) is 0 Å². The molecule has 0 aliphatic heterocycles. The summed E-state index contributed by atoms with van der Waals surface area (Å²) in [4.78, 5) is 11.0. The van der Waals surface area contributed by atoms with Crippen LogP contribution in [-0.2, 0) is 0 Å². The van der Waals surface area contributed by atoms with Crippen LogP contribution in [0.1, 0.15) is 0 Å². The average Bonchev–Trinajstić information content (AvgIpc) is 3.69. The van der Waals surface area contributed by atoms with Gasteiger partial charge < -0.3 is 4.42 Å². The topological polar surface area (TPSA) is 43.9 Å². The molecule has 11 rings (SSSR count). The summed E-state index contributed by atoms with van der Waals surface area (Å²) in [6.07, 6.45) is 0. The van der Waals surface area contributed by atoms with E-state index < -0.39 is 0 Å². The summed E-state index contributed by atoms with van der Waals surface area (Å²) >= 11 is 0. The van der Waals surface area contributed by atoms with Gasteiger partial charge in [-0.2, -0.15) is 0 Å². The van der Waals surface area contributed by atoms with Gasteiger partial charge in [0, 0.05) is 37.9 Å². The van der Waals surface area contributed by atoms with Crippen LogP contribution >= 0.6 is 0 Å². The summed E-state index contributed by atoms with van der Waals surface area (Å²) in [5.74, 6) is 0.650. The monoisotopic (exact) mass is 611 g/mol. The molecule has 0 N–H and O–H groups in total. The average molecular weight is 612 g/mol. The van der Waals surface area contributed by atoms with Gasteiger partial charge in [0.2, 0.25) is 5.95 Å². The van der Waals surface area contributed by atoms with E-state index in [9.17, 15) is 0 Å². The van der Waals surface area contributed by atoms with Crippen LogP contribution in [0.15, 0.2) is 156 Å². The Balaban J connectivity index is 1.34. The van der Waals surface area contributed by atoms with E-state index in [0.29, 0.717) is 5.95 Å². The SMILES string of the molecule is c1ccc(-c2nc(-n3c4ccccc4c4cc5ccc6oc7ccccc7c6c5cc43)nc3c4ccccc4c4ccccc4c23)cc1. The molecule has 8 aromatic carbocycles. The molecule has 0 saturated carbocycles. The number of hydrogen-bond acceptors (Lipinski definition) is 3. The third-order valence-electron chi connectivity index (χ3n) is 9.96. The first-order chi connectivity index (χ1) is 23.8. The van der Waals surface area contributed by atoms with E-state index in [1.165, 1.54) is 26.9 Å². The number of rotatable bonds is 2. The van der Waals surface area contributed by atoms with Gasteiger partial charge in [0.05, 0.1) is 22.2 Å². The maximum atomic E-state index is 6.30.